The molecule has 0 aromatic carbocycles. The fourth-order valence-corrected chi connectivity index (χ4v) is 4.25. The van der Waals surface area contributed by atoms with Crippen molar-refractivity contribution < 1.29 is 51.1 Å². The summed E-state index contributed by atoms with van der Waals surface area (Å²) in [6.45, 7) is 9.15. The lowest BCUT2D eigenvalue weighted by Gasteiger charge is -2.08. The molecule has 0 saturated heterocycles. The van der Waals surface area contributed by atoms with Gasteiger partial charge in [-0.05, 0) is 6.42 Å². The van der Waals surface area contributed by atoms with Crippen LogP contribution < -0.4 is 11.1 Å². The van der Waals surface area contributed by atoms with E-state index in [1.54, 1.807) is 10.9 Å². The van der Waals surface area contributed by atoms with Crippen LogP contribution in [0.2, 0.25) is 0 Å². The molecule has 0 aliphatic carbocycles. The van der Waals surface area contributed by atoms with Crippen molar-refractivity contribution in [1.82, 2.24) is 30.3 Å². The van der Waals surface area contributed by atoms with Crippen LogP contribution in [0.1, 0.15) is 30.5 Å². The number of amides is 1. The van der Waals surface area contributed by atoms with Crippen LogP contribution in [0.25, 0.3) is 0 Å². The Labute approximate surface area is 300 Å². The van der Waals surface area contributed by atoms with E-state index in [9.17, 15) is 13.2 Å². The predicted molar refractivity (Wildman–Crippen MR) is 183 cm³/mol. The monoisotopic (exact) mass is 743 g/mol. The number of sulfone groups is 1. The van der Waals surface area contributed by atoms with Gasteiger partial charge in [-0.2, -0.15) is 0 Å². The Hall–Kier alpha value is -3.16. The summed E-state index contributed by atoms with van der Waals surface area (Å²) in [5.41, 5.74) is 6.48. The maximum absolute atomic E-state index is 12.1. The Bertz CT molecular complexity index is 1340. The quantitative estimate of drug-likeness (QED) is 0.0543. The summed E-state index contributed by atoms with van der Waals surface area (Å²) in [5.74, 6) is 5.67. The molecule has 0 saturated carbocycles. The van der Waals surface area contributed by atoms with Crippen LogP contribution in [0.15, 0.2) is 23.7 Å². The third kappa shape index (κ3) is 24.6. The zero-order valence-corrected chi connectivity index (χ0v) is 30.3. The van der Waals surface area contributed by atoms with Gasteiger partial charge >= 0.3 is 0 Å². The lowest BCUT2D eigenvalue weighted by molar-refractivity contribution is -0.121. The Morgan fingerprint density at radius 3 is 1.71 bits per heavy atom. The second-order valence-electron chi connectivity index (χ2n) is 10.6. The molecule has 1 amide bonds. The van der Waals surface area contributed by atoms with Gasteiger partial charge in [0, 0.05) is 38.0 Å². The zero-order valence-electron chi connectivity index (χ0n) is 29.5. The van der Waals surface area contributed by atoms with E-state index < -0.39 is 9.84 Å². The molecule has 2 rings (SSSR count). The number of hydrogen-bond donors (Lipinski definition) is 2. The summed E-state index contributed by atoms with van der Waals surface area (Å²) in [6.07, 6.45) is 6.89. The first-order valence-electron chi connectivity index (χ1n) is 16.9. The third-order valence-corrected chi connectivity index (χ3v) is 7.16. The molecule has 19 heteroatoms. The fraction of sp³-hybridized carbons (Fsp3) is 0.719. The van der Waals surface area contributed by atoms with Crippen LogP contribution >= 0.6 is 0 Å². The van der Waals surface area contributed by atoms with Crippen LogP contribution in [0.5, 0.6) is 0 Å². The minimum atomic E-state index is -3.45. The molecular formula is C32H53N7O11S. The molecular weight excluding hydrogens is 690 g/mol. The molecule has 0 fully saturated rings. The summed E-state index contributed by atoms with van der Waals surface area (Å²) in [6, 6.07) is 0. The lowest BCUT2D eigenvalue weighted by Crippen LogP contribution is -2.22. The van der Waals surface area contributed by atoms with Crippen LogP contribution in [0, 0.1) is 11.8 Å². The average Bonchev–Trinajstić information content (AvgIpc) is 3.58. The second-order valence-corrected chi connectivity index (χ2v) is 12.5. The Kier molecular flexibility index (Phi) is 25.4. The molecule has 18 nitrogen and oxygen atoms in total. The van der Waals surface area contributed by atoms with Crippen molar-refractivity contribution in [2.24, 2.45) is 5.73 Å². The molecule has 0 spiro atoms. The highest BCUT2D eigenvalue weighted by molar-refractivity contribution is 7.90. The van der Waals surface area contributed by atoms with Gasteiger partial charge in [0.15, 0.2) is 0 Å². The van der Waals surface area contributed by atoms with Gasteiger partial charge in [0.2, 0.25) is 20.9 Å². The SMILES string of the molecule is CS(=O)(=O)c1ncc(C#CCCCC(=O)NCc2cn(CCOCCOCCOCCOCCOCCOCCOCCOCCN)nn2)cn1. The Morgan fingerprint density at radius 2 is 1.24 bits per heavy atom. The largest absolute Gasteiger partial charge is 0.378 e. The minimum absolute atomic E-state index is 0.117. The van der Waals surface area contributed by atoms with E-state index in [1.807, 2.05) is 0 Å². The molecule has 51 heavy (non-hydrogen) atoms. The van der Waals surface area contributed by atoms with Gasteiger partial charge in [-0.1, -0.05) is 17.1 Å². The van der Waals surface area contributed by atoms with Gasteiger partial charge in [-0.3, -0.25) is 4.79 Å². The first-order valence-corrected chi connectivity index (χ1v) is 18.8. The number of carbonyl (C=O) groups is 1. The molecule has 0 aliphatic rings. The number of ether oxygens (including phenoxy) is 8. The highest BCUT2D eigenvalue weighted by atomic mass is 32.2. The fourth-order valence-electron chi connectivity index (χ4n) is 3.76. The molecule has 2 heterocycles. The van der Waals surface area contributed by atoms with E-state index in [4.69, 9.17) is 43.6 Å². The van der Waals surface area contributed by atoms with Gasteiger partial charge in [0.25, 0.3) is 0 Å². The topological polar surface area (TPSA) is 220 Å². The molecule has 0 unspecified atom stereocenters. The van der Waals surface area contributed by atoms with Crippen LogP contribution in [0.4, 0.5) is 0 Å². The highest BCUT2D eigenvalue weighted by Crippen LogP contribution is 2.02. The van der Waals surface area contributed by atoms with E-state index >= 15 is 0 Å². The molecule has 0 atom stereocenters. The Morgan fingerprint density at radius 1 is 0.765 bits per heavy atom. The standard InChI is InChI=1S/C32H53N7O11S/c1-51(41,42)32-35-25-29(26-36-32)5-3-2-4-6-31(40)34-27-30-28-39(38-37-30)8-10-44-12-14-46-16-18-48-20-22-50-24-23-49-21-19-47-17-15-45-13-11-43-9-7-33/h25-26,28H,2,4,6-24,27,33H2,1H3,(H,34,40). The molecule has 0 aliphatic heterocycles. The molecule has 0 radical (unpaired) electrons. The minimum Gasteiger partial charge on any atom is -0.378 e. The van der Waals surface area contributed by atoms with E-state index in [2.05, 4.69) is 37.4 Å². The van der Waals surface area contributed by atoms with E-state index in [0.29, 0.717) is 149 Å². The maximum Gasteiger partial charge on any atom is 0.246 e. The lowest BCUT2D eigenvalue weighted by atomic mass is 10.2. The van der Waals surface area contributed by atoms with Gasteiger partial charge in [0.1, 0.15) is 5.69 Å². The summed E-state index contributed by atoms with van der Waals surface area (Å²) in [5, 5.41) is 10.7. The van der Waals surface area contributed by atoms with Gasteiger partial charge in [-0.15, -0.1) is 5.10 Å². The Balaban J connectivity index is 1.31. The first kappa shape index (κ1) is 44.0. The van der Waals surface area contributed by atoms with E-state index in [0.717, 1.165) is 6.26 Å². The van der Waals surface area contributed by atoms with Gasteiger partial charge < -0.3 is 48.9 Å². The number of unbranched alkanes of at least 4 members (excludes halogenated alkanes) is 1. The molecule has 3 N–H and O–H groups in total. The average molecular weight is 744 g/mol. The van der Waals surface area contributed by atoms with Gasteiger partial charge in [0.05, 0.1) is 131 Å². The number of carbonyl (C=O) groups excluding carboxylic acids is 1. The van der Waals surface area contributed by atoms with Crippen LogP contribution in [0.3, 0.4) is 0 Å². The summed E-state index contributed by atoms with van der Waals surface area (Å²) >= 11 is 0. The highest BCUT2D eigenvalue weighted by Gasteiger charge is 2.09. The van der Waals surface area contributed by atoms with Crippen molar-refractivity contribution in [1.29, 1.82) is 0 Å². The zero-order chi connectivity index (χ0) is 36.7. The van der Waals surface area contributed by atoms with Crippen molar-refractivity contribution in [3.05, 3.63) is 29.8 Å². The molecule has 2 aromatic heterocycles. The summed E-state index contributed by atoms with van der Waals surface area (Å²) in [4.78, 5) is 19.7. The molecule has 0 bridgehead atoms. The smallest absolute Gasteiger partial charge is 0.246 e. The number of aromatic nitrogens is 5. The summed E-state index contributed by atoms with van der Waals surface area (Å²) in [7, 11) is -3.45. The van der Waals surface area contributed by atoms with Crippen molar-refractivity contribution in [2.75, 3.05) is 119 Å². The van der Waals surface area contributed by atoms with Crippen molar-refractivity contribution in [2.45, 2.75) is 37.5 Å². The molecule has 288 valence electrons. The van der Waals surface area contributed by atoms with Crippen molar-refractivity contribution in [3.8, 4) is 11.8 Å². The molecule has 2 aromatic rings. The predicted octanol–water partition coefficient (Wildman–Crippen LogP) is -0.599. The summed E-state index contributed by atoms with van der Waals surface area (Å²) < 4.78 is 67.9. The number of hydrogen-bond acceptors (Lipinski definition) is 16. The van der Waals surface area contributed by atoms with Crippen LogP contribution in [-0.4, -0.2) is 158 Å². The number of rotatable bonds is 32. The van der Waals surface area contributed by atoms with Crippen molar-refractivity contribution in [3.63, 3.8) is 0 Å². The van der Waals surface area contributed by atoms with Crippen molar-refractivity contribution >= 4 is 15.7 Å². The van der Waals surface area contributed by atoms with Crippen LogP contribution in [-0.2, 0) is 65.6 Å². The maximum atomic E-state index is 12.1. The second kappa shape index (κ2) is 29.4. The normalized spacial score (nSPS) is 11.4. The number of nitrogens with one attached hydrogen (secondary N) is 1. The van der Waals surface area contributed by atoms with E-state index in [-0.39, 0.29) is 17.6 Å². The third-order valence-electron chi connectivity index (χ3n) is 6.28. The van der Waals surface area contributed by atoms with E-state index in [1.165, 1.54) is 12.4 Å². The van der Waals surface area contributed by atoms with Gasteiger partial charge in [-0.25, -0.2) is 23.1 Å². The number of nitrogens with two attached hydrogens (primary N) is 1. The first-order chi connectivity index (χ1) is 24.9. The number of nitrogens with zero attached hydrogens (tertiary/aromatic N) is 5.